The summed E-state index contributed by atoms with van der Waals surface area (Å²) >= 11 is 0. The number of aromatic nitrogens is 1. The largest absolute Gasteiger partial charge is 0.295 e. The molecular formula is C13H11N3O4. The molecule has 3 rings (SSSR count). The highest BCUT2D eigenvalue weighted by Gasteiger charge is 2.42. The molecule has 2 aliphatic heterocycles. The van der Waals surface area contributed by atoms with Crippen molar-refractivity contribution in [2.45, 2.75) is 25.3 Å². The van der Waals surface area contributed by atoms with Crippen LogP contribution in [0.3, 0.4) is 0 Å². The molecule has 7 nitrogen and oxygen atoms in total. The van der Waals surface area contributed by atoms with E-state index in [1.807, 2.05) is 0 Å². The molecule has 0 bridgehead atoms. The summed E-state index contributed by atoms with van der Waals surface area (Å²) in [6, 6.07) is 2.39. The number of amides is 4. The van der Waals surface area contributed by atoms with Gasteiger partial charge in [-0.2, -0.15) is 0 Å². The molecule has 1 fully saturated rings. The monoisotopic (exact) mass is 273 g/mol. The van der Waals surface area contributed by atoms with Gasteiger partial charge >= 0.3 is 0 Å². The molecule has 1 aromatic heterocycles. The molecule has 0 aliphatic carbocycles. The highest BCUT2D eigenvalue weighted by atomic mass is 16.2. The van der Waals surface area contributed by atoms with Crippen LogP contribution in [-0.2, 0) is 20.8 Å². The van der Waals surface area contributed by atoms with Crippen molar-refractivity contribution >= 4 is 23.6 Å². The number of carbonyl (C=O) groups excluding carboxylic acids is 4. The van der Waals surface area contributed by atoms with Crippen molar-refractivity contribution in [3.63, 3.8) is 0 Å². The summed E-state index contributed by atoms with van der Waals surface area (Å²) in [5.41, 5.74) is 0.753. The van der Waals surface area contributed by atoms with Crippen molar-refractivity contribution in [3.8, 4) is 0 Å². The standard InChI is InChI=1S/C13H11N3O4/c17-9-4-3-8(12(19)15-9)16-10(18)6-7-2-1-5-14-11(7)13(16)20/h1-2,5,8H,3-4,6H2,(H,15,17,19). The Bertz CT molecular complexity index is 640. The molecule has 1 N–H and O–H groups in total. The second kappa shape index (κ2) is 4.52. The summed E-state index contributed by atoms with van der Waals surface area (Å²) in [5.74, 6) is -2.01. The topological polar surface area (TPSA) is 96.4 Å². The van der Waals surface area contributed by atoms with Crippen LogP contribution in [0, 0.1) is 0 Å². The third kappa shape index (κ3) is 1.87. The molecule has 102 valence electrons. The second-order valence-electron chi connectivity index (χ2n) is 4.72. The van der Waals surface area contributed by atoms with Crippen molar-refractivity contribution in [2.75, 3.05) is 0 Å². The summed E-state index contributed by atoms with van der Waals surface area (Å²) in [6.45, 7) is 0. The lowest BCUT2D eigenvalue weighted by molar-refractivity contribution is -0.143. The number of pyridine rings is 1. The van der Waals surface area contributed by atoms with E-state index in [0.29, 0.717) is 5.56 Å². The number of rotatable bonds is 1. The molecule has 1 unspecified atom stereocenters. The van der Waals surface area contributed by atoms with Crippen molar-refractivity contribution < 1.29 is 19.2 Å². The van der Waals surface area contributed by atoms with Gasteiger partial charge in [0.2, 0.25) is 17.7 Å². The average Bonchev–Trinajstić information content (AvgIpc) is 2.41. The second-order valence-corrected chi connectivity index (χ2v) is 4.72. The Balaban J connectivity index is 1.95. The molecule has 0 radical (unpaired) electrons. The molecule has 20 heavy (non-hydrogen) atoms. The number of piperidine rings is 1. The van der Waals surface area contributed by atoms with Crippen LogP contribution in [0.1, 0.15) is 28.9 Å². The van der Waals surface area contributed by atoms with Gasteiger partial charge in [0.05, 0.1) is 6.42 Å². The summed E-state index contributed by atoms with van der Waals surface area (Å²) in [5, 5.41) is 2.15. The maximum absolute atomic E-state index is 12.3. The molecule has 1 aromatic rings. The van der Waals surface area contributed by atoms with Crippen LogP contribution in [-0.4, -0.2) is 39.6 Å². The van der Waals surface area contributed by atoms with Gasteiger partial charge in [0, 0.05) is 12.6 Å². The first-order valence-corrected chi connectivity index (χ1v) is 6.22. The Hall–Kier alpha value is -2.57. The van der Waals surface area contributed by atoms with Crippen molar-refractivity contribution in [1.29, 1.82) is 0 Å². The molecule has 0 saturated carbocycles. The van der Waals surface area contributed by atoms with Gasteiger partial charge in [-0.25, -0.2) is 0 Å². The van der Waals surface area contributed by atoms with Gasteiger partial charge in [-0.3, -0.25) is 34.4 Å². The number of hydrogen-bond donors (Lipinski definition) is 1. The predicted molar refractivity (Wildman–Crippen MR) is 65.3 cm³/mol. The summed E-state index contributed by atoms with van der Waals surface area (Å²) in [6.07, 6.45) is 1.77. The minimum Gasteiger partial charge on any atom is -0.295 e. The molecule has 3 heterocycles. The first-order valence-electron chi connectivity index (χ1n) is 6.22. The van der Waals surface area contributed by atoms with Gasteiger partial charge in [-0.1, -0.05) is 6.07 Å². The van der Waals surface area contributed by atoms with Gasteiger partial charge in [-0.05, 0) is 18.1 Å². The number of fused-ring (bicyclic) bond motifs is 1. The minimum atomic E-state index is -0.928. The normalized spacial score (nSPS) is 22.6. The zero-order chi connectivity index (χ0) is 14.3. The van der Waals surface area contributed by atoms with E-state index in [1.54, 1.807) is 12.1 Å². The Morgan fingerprint density at radius 3 is 2.80 bits per heavy atom. The third-order valence-corrected chi connectivity index (χ3v) is 3.44. The van der Waals surface area contributed by atoms with Gasteiger partial charge < -0.3 is 0 Å². The maximum Gasteiger partial charge on any atom is 0.280 e. The highest BCUT2D eigenvalue weighted by Crippen LogP contribution is 2.22. The fourth-order valence-electron chi connectivity index (χ4n) is 2.49. The predicted octanol–water partition coefficient (Wildman–Crippen LogP) is -0.588. The van der Waals surface area contributed by atoms with E-state index >= 15 is 0 Å². The summed E-state index contributed by atoms with van der Waals surface area (Å²) in [4.78, 5) is 52.3. The molecule has 1 atom stereocenters. The van der Waals surface area contributed by atoms with E-state index < -0.39 is 23.8 Å². The summed E-state index contributed by atoms with van der Waals surface area (Å²) in [7, 11) is 0. The minimum absolute atomic E-state index is 0.0344. The number of nitrogens with zero attached hydrogens (tertiary/aromatic N) is 2. The lowest BCUT2D eigenvalue weighted by Crippen LogP contribution is -2.58. The Labute approximate surface area is 114 Å². The van der Waals surface area contributed by atoms with Crippen LogP contribution >= 0.6 is 0 Å². The Morgan fingerprint density at radius 1 is 1.25 bits per heavy atom. The van der Waals surface area contributed by atoms with E-state index in [4.69, 9.17) is 0 Å². The van der Waals surface area contributed by atoms with E-state index in [1.165, 1.54) is 6.20 Å². The number of hydrogen-bond acceptors (Lipinski definition) is 5. The molecule has 0 spiro atoms. The molecule has 7 heteroatoms. The smallest absolute Gasteiger partial charge is 0.280 e. The van der Waals surface area contributed by atoms with E-state index in [-0.39, 0.29) is 30.9 Å². The molecule has 4 amide bonds. The number of nitrogens with one attached hydrogen (secondary N) is 1. The van der Waals surface area contributed by atoms with E-state index in [9.17, 15) is 19.2 Å². The van der Waals surface area contributed by atoms with Crippen LogP contribution in [0.25, 0.3) is 0 Å². The first kappa shape index (κ1) is 12.5. The van der Waals surface area contributed by atoms with Gasteiger partial charge in [0.1, 0.15) is 11.7 Å². The SMILES string of the molecule is O=C1CCC(N2C(=O)Cc3cccnc3C2=O)C(=O)N1. The lowest BCUT2D eigenvalue weighted by Gasteiger charge is -2.33. The van der Waals surface area contributed by atoms with E-state index in [0.717, 1.165) is 4.90 Å². The van der Waals surface area contributed by atoms with Crippen LogP contribution in [0.4, 0.5) is 0 Å². The molecule has 0 aromatic carbocycles. The first-order chi connectivity index (χ1) is 9.58. The number of carbonyl (C=O) groups is 4. The number of imide groups is 2. The third-order valence-electron chi connectivity index (χ3n) is 3.44. The average molecular weight is 273 g/mol. The summed E-state index contributed by atoms with van der Waals surface area (Å²) < 4.78 is 0. The fourth-order valence-corrected chi connectivity index (χ4v) is 2.49. The Morgan fingerprint density at radius 2 is 2.05 bits per heavy atom. The lowest BCUT2D eigenvalue weighted by atomic mass is 9.98. The van der Waals surface area contributed by atoms with Crippen LogP contribution in [0.2, 0.25) is 0 Å². The molecular weight excluding hydrogens is 262 g/mol. The van der Waals surface area contributed by atoms with Crippen LogP contribution in [0.15, 0.2) is 18.3 Å². The van der Waals surface area contributed by atoms with Gasteiger partial charge in [-0.15, -0.1) is 0 Å². The van der Waals surface area contributed by atoms with Crippen molar-refractivity contribution in [3.05, 3.63) is 29.6 Å². The fraction of sp³-hybridized carbons (Fsp3) is 0.308. The van der Waals surface area contributed by atoms with Gasteiger partial charge in [0.15, 0.2) is 0 Å². The van der Waals surface area contributed by atoms with Crippen LogP contribution < -0.4 is 5.32 Å². The zero-order valence-corrected chi connectivity index (χ0v) is 10.5. The highest BCUT2D eigenvalue weighted by molar-refractivity contribution is 6.12. The zero-order valence-electron chi connectivity index (χ0n) is 10.5. The van der Waals surface area contributed by atoms with Crippen LogP contribution in [0.5, 0.6) is 0 Å². The Kier molecular flexibility index (Phi) is 2.81. The quantitative estimate of drug-likeness (QED) is 0.690. The van der Waals surface area contributed by atoms with E-state index in [2.05, 4.69) is 10.3 Å². The molecule has 2 aliphatic rings. The van der Waals surface area contributed by atoms with Crippen molar-refractivity contribution in [1.82, 2.24) is 15.2 Å². The maximum atomic E-state index is 12.3. The van der Waals surface area contributed by atoms with Crippen molar-refractivity contribution in [2.24, 2.45) is 0 Å². The van der Waals surface area contributed by atoms with Gasteiger partial charge in [0.25, 0.3) is 5.91 Å². The molecule has 1 saturated heterocycles.